The minimum atomic E-state index is -0.455. The van der Waals surface area contributed by atoms with Gasteiger partial charge in [0.15, 0.2) is 11.3 Å². The molecule has 0 atom stereocenters. The fraction of sp³-hybridized carbons (Fsp3) is 0.222. The van der Waals surface area contributed by atoms with Gasteiger partial charge >= 0.3 is 0 Å². The number of amides is 1. The van der Waals surface area contributed by atoms with Crippen molar-refractivity contribution in [2.75, 3.05) is 5.32 Å². The maximum Gasteiger partial charge on any atom is 0.272 e. The molecule has 8 nitrogen and oxygen atoms in total. The summed E-state index contributed by atoms with van der Waals surface area (Å²) in [5.74, 6) is 0.349. The van der Waals surface area contributed by atoms with Gasteiger partial charge in [0, 0.05) is 36.1 Å². The zero-order valence-electron chi connectivity index (χ0n) is 19.6. The second kappa shape index (κ2) is 10.5. The van der Waals surface area contributed by atoms with Crippen LogP contribution < -0.4 is 10.6 Å². The van der Waals surface area contributed by atoms with Gasteiger partial charge < -0.3 is 21.0 Å². The average Bonchev–Trinajstić information content (AvgIpc) is 3.58. The molecule has 1 saturated carbocycles. The van der Waals surface area contributed by atoms with Crippen LogP contribution in [0.15, 0.2) is 61.1 Å². The molecule has 2 heterocycles. The predicted molar refractivity (Wildman–Crippen MR) is 137 cm³/mol. The number of nitrogens with one attached hydrogen (secondary N) is 4. The van der Waals surface area contributed by atoms with Crippen LogP contribution in [0.4, 0.5) is 10.1 Å². The van der Waals surface area contributed by atoms with E-state index in [0.717, 1.165) is 30.6 Å². The fourth-order valence-corrected chi connectivity index (χ4v) is 4.50. The summed E-state index contributed by atoms with van der Waals surface area (Å²) in [6.07, 6.45) is 8.63. The summed E-state index contributed by atoms with van der Waals surface area (Å²) in [5.41, 5.74) is 3.63. The molecule has 0 unspecified atom stereocenters. The molecule has 0 radical (unpaired) electrons. The Morgan fingerprint density at radius 3 is 2.72 bits per heavy atom. The summed E-state index contributed by atoms with van der Waals surface area (Å²) in [4.78, 5) is 29.2. The topological polar surface area (TPSA) is 119 Å². The van der Waals surface area contributed by atoms with E-state index in [1.807, 2.05) is 30.3 Å². The van der Waals surface area contributed by atoms with E-state index in [4.69, 9.17) is 5.41 Å². The lowest BCUT2D eigenvalue weighted by Gasteiger charge is -2.09. The molecule has 1 aliphatic rings. The van der Waals surface area contributed by atoms with Crippen LogP contribution in [0.1, 0.15) is 59.0 Å². The smallest absolute Gasteiger partial charge is 0.272 e. The van der Waals surface area contributed by atoms with Crippen LogP contribution in [0, 0.1) is 11.2 Å². The number of carbonyl (C=O) groups is 1. The number of aromatic nitrogens is 4. The van der Waals surface area contributed by atoms with Crippen molar-refractivity contribution in [1.82, 2.24) is 25.3 Å². The van der Waals surface area contributed by atoms with Crippen LogP contribution in [-0.2, 0) is 6.54 Å². The third-order valence-electron chi connectivity index (χ3n) is 6.33. The van der Waals surface area contributed by atoms with Gasteiger partial charge in [0.1, 0.15) is 23.5 Å². The zero-order chi connectivity index (χ0) is 24.9. The van der Waals surface area contributed by atoms with Gasteiger partial charge in [0.25, 0.3) is 5.91 Å². The largest absolute Gasteiger partial charge is 0.361 e. The number of halogens is 1. The Hall–Kier alpha value is -4.40. The highest BCUT2D eigenvalue weighted by Gasteiger charge is 2.23. The molecule has 9 heteroatoms. The summed E-state index contributed by atoms with van der Waals surface area (Å²) in [7, 11) is 0. The van der Waals surface area contributed by atoms with Crippen LogP contribution >= 0.6 is 0 Å². The molecular weight excluding hydrogens is 457 g/mol. The van der Waals surface area contributed by atoms with Gasteiger partial charge in [-0.25, -0.2) is 19.3 Å². The van der Waals surface area contributed by atoms with Crippen LogP contribution in [0.25, 0.3) is 16.7 Å². The van der Waals surface area contributed by atoms with E-state index in [-0.39, 0.29) is 12.2 Å². The molecule has 1 aliphatic carbocycles. The summed E-state index contributed by atoms with van der Waals surface area (Å²) in [5, 5.41) is 13.7. The van der Waals surface area contributed by atoms with E-state index in [1.165, 1.54) is 31.3 Å². The van der Waals surface area contributed by atoms with Crippen LogP contribution in [0.5, 0.6) is 0 Å². The average molecular weight is 484 g/mol. The minimum Gasteiger partial charge on any atom is -0.361 e. The molecule has 4 N–H and O–H groups in total. The molecule has 4 aromatic rings. The Bertz CT molecular complexity index is 1420. The number of benzene rings is 2. The van der Waals surface area contributed by atoms with Crippen molar-refractivity contribution < 1.29 is 9.18 Å². The maximum atomic E-state index is 14.4. The van der Waals surface area contributed by atoms with Gasteiger partial charge in [-0.05, 0) is 54.3 Å². The van der Waals surface area contributed by atoms with Gasteiger partial charge in [-0.1, -0.05) is 31.0 Å². The van der Waals surface area contributed by atoms with Gasteiger partial charge in [-0.2, -0.15) is 0 Å². The number of carbonyl (C=O) groups excluding carboxylic acids is 1. The highest BCUT2D eigenvalue weighted by molar-refractivity contribution is 6.08. The summed E-state index contributed by atoms with van der Waals surface area (Å²) in [6, 6.07) is 14.0. The predicted octanol–water partition coefficient (Wildman–Crippen LogP) is 5.18. The lowest BCUT2D eigenvalue weighted by molar-refractivity contribution is 0.0947. The van der Waals surface area contributed by atoms with Gasteiger partial charge in [-0.3, -0.25) is 4.79 Å². The molecule has 1 amide bonds. The Balaban J connectivity index is 1.32. The molecular formula is C27H26FN7O. The maximum absolute atomic E-state index is 14.4. The van der Waals surface area contributed by atoms with Crippen molar-refractivity contribution in [2.45, 2.75) is 38.1 Å². The number of aromatic amines is 1. The molecule has 2 aromatic carbocycles. The number of fused-ring (bicyclic) bond motifs is 1. The summed E-state index contributed by atoms with van der Waals surface area (Å²) < 4.78 is 14.4. The van der Waals surface area contributed by atoms with Crippen molar-refractivity contribution in [3.63, 3.8) is 0 Å². The molecule has 0 aliphatic heterocycles. The Morgan fingerprint density at radius 2 is 1.94 bits per heavy atom. The molecule has 0 bridgehead atoms. The number of allylic oxidation sites excluding steroid dienone is 1. The Kier molecular flexibility index (Phi) is 6.79. The van der Waals surface area contributed by atoms with E-state index in [9.17, 15) is 9.18 Å². The van der Waals surface area contributed by atoms with Gasteiger partial charge in [-0.15, -0.1) is 0 Å². The molecule has 182 valence electrons. The number of anilines is 1. The number of hydrogen-bond acceptors (Lipinski definition) is 6. The minimum absolute atomic E-state index is 0.0934. The summed E-state index contributed by atoms with van der Waals surface area (Å²) >= 11 is 0. The van der Waals surface area contributed by atoms with Crippen molar-refractivity contribution in [1.29, 1.82) is 5.41 Å². The second-order valence-electron chi connectivity index (χ2n) is 8.81. The lowest BCUT2D eigenvalue weighted by atomic mass is 10.0. The number of rotatable bonds is 8. The number of hydrogen-bond donors (Lipinski definition) is 4. The van der Waals surface area contributed by atoms with Crippen LogP contribution in [0.3, 0.4) is 0 Å². The molecule has 0 spiro atoms. The second-order valence-corrected chi connectivity index (χ2v) is 8.81. The molecule has 1 fully saturated rings. The van der Waals surface area contributed by atoms with Crippen molar-refractivity contribution in [3.8, 4) is 0 Å². The number of H-pyrrole nitrogens is 1. The number of nitrogens with zero attached hydrogens (tertiary/aromatic N) is 3. The van der Waals surface area contributed by atoms with Crippen LogP contribution in [-0.4, -0.2) is 32.1 Å². The van der Waals surface area contributed by atoms with E-state index < -0.39 is 11.7 Å². The van der Waals surface area contributed by atoms with Gasteiger partial charge in [0.2, 0.25) is 0 Å². The molecule has 5 rings (SSSR count). The highest BCUT2D eigenvalue weighted by atomic mass is 19.1. The van der Waals surface area contributed by atoms with Crippen molar-refractivity contribution >= 4 is 34.5 Å². The standard InChI is InChI=1S/C27H26FN7O/c28-21-11-17(10-19(12-21)20(13-29)15-30-22-8-2-1-3-9-22)14-31-27(36)24-23-26(33-16-32-24)35-25(34-23)18-6-4-5-7-18/h1-3,8-13,15-16,18,29-30H,4-7,14H2,(H,31,36)(H,32,33,34,35)/b20-15+,29-13?. The van der Waals surface area contributed by atoms with E-state index in [1.54, 1.807) is 12.3 Å². The quantitative estimate of drug-likeness (QED) is 0.257. The van der Waals surface area contributed by atoms with Crippen molar-refractivity contribution in [2.24, 2.45) is 0 Å². The normalized spacial score (nSPS) is 14.2. The SMILES string of the molecule is N=C/C(=C\Nc1ccccc1)c1cc(F)cc(CNC(=O)c2ncnc3nc(C4CCCC4)[nH]c23)c1. The first kappa shape index (κ1) is 23.3. The third kappa shape index (κ3) is 5.14. The first-order valence-electron chi connectivity index (χ1n) is 11.9. The zero-order valence-corrected chi connectivity index (χ0v) is 19.6. The Labute approximate surface area is 207 Å². The van der Waals surface area contributed by atoms with Crippen LogP contribution in [0.2, 0.25) is 0 Å². The molecule has 2 aromatic heterocycles. The molecule has 36 heavy (non-hydrogen) atoms. The number of imidazole rings is 1. The first-order chi connectivity index (χ1) is 17.6. The highest BCUT2D eigenvalue weighted by Crippen LogP contribution is 2.33. The lowest BCUT2D eigenvalue weighted by Crippen LogP contribution is -2.24. The Morgan fingerprint density at radius 1 is 1.14 bits per heavy atom. The monoisotopic (exact) mass is 483 g/mol. The fourth-order valence-electron chi connectivity index (χ4n) is 4.50. The number of para-hydroxylation sites is 1. The van der Waals surface area contributed by atoms with E-state index in [2.05, 4.69) is 30.6 Å². The van der Waals surface area contributed by atoms with Gasteiger partial charge in [0.05, 0.1) is 0 Å². The summed E-state index contributed by atoms with van der Waals surface area (Å²) in [6.45, 7) is 0.0934. The third-order valence-corrected chi connectivity index (χ3v) is 6.33. The first-order valence-corrected chi connectivity index (χ1v) is 11.9. The molecule has 0 saturated heterocycles. The van der Waals surface area contributed by atoms with Crippen molar-refractivity contribution in [3.05, 3.63) is 89.5 Å². The van der Waals surface area contributed by atoms with E-state index >= 15 is 0 Å². The van der Waals surface area contributed by atoms with E-state index in [0.29, 0.717) is 33.8 Å².